The van der Waals surface area contributed by atoms with Crippen LogP contribution < -0.4 is 21.7 Å². The molecular formula is C13H15F4N5O4. The highest BCUT2D eigenvalue weighted by Crippen LogP contribution is 2.13. The van der Waals surface area contributed by atoms with Crippen molar-refractivity contribution in [3.63, 3.8) is 0 Å². The van der Waals surface area contributed by atoms with Gasteiger partial charge < -0.3 is 21.5 Å². The molecule has 6 N–H and O–H groups in total. The van der Waals surface area contributed by atoms with Gasteiger partial charge in [0.25, 0.3) is 0 Å². The van der Waals surface area contributed by atoms with Crippen LogP contribution in [0.15, 0.2) is 29.3 Å². The molecule has 0 aliphatic carbocycles. The SMILES string of the molecule is CNC(=O)NC(N)=NCC(=O)Nc1cccc(F)c1.O=C(O)C(F)(F)F. The van der Waals surface area contributed by atoms with E-state index in [-0.39, 0.29) is 12.5 Å². The zero-order chi connectivity index (χ0) is 20.3. The van der Waals surface area contributed by atoms with E-state index in [0.29, 0.717) is 5.69 Å². The second kappa shape index (κ2) is 10.5. The molecule has 0 bridgehead atoms. The van der Waals surface area contributed by atoms with Crippen LogP contribution in [0, 0.1) is 5.82 Å². The number of nitrogens with zero attached hydrogens (tertiary/aromatic N) is 1. The molecule has 0 spiro atoms. The molecule has 0 aliphatic rings. The number of carboxylic acids is 1. The number of nitrogens with two attached hydrogens (primary N) is 1. The molecular weight excluding hydrogens is 366 g/mol. The Labute approximate surface area is 144 Å². The van der Waals surface area contributed by atoms with Crippen molar-refractivity contribution in [1.29, 1.82) is 0 Å². The van der Waals surface area contributed by atoms with Gasteiger partial charge in [-0.1, -0.05) is 6.07 Å². The number of amides is 3. The first-order valence-corrected chi connectivity index (χ1v) is 6.60. The average Bonchev–Trinajstić information content (AvgIpc) is 2.52. The summed E-state index contributed by atoms with van der Waals surface area (Å²) in [7, 11) is 1.42. The number of nitrogens with one attached hydrogen (secondary N) is 3. The highest BCUT2D eigenvalue weighted by Gasteiger charge is 2.38. The van der Waals surface area contributed by atoms with Gasteiger partial charge in [-0.25, -0.2) is 19.0 Å². The molecule has 1 aromatic carbocycles. The van der Waals surface area contributed by atoms with Crippen LogP contribution in [-0.4, -0.2) is 48.7 Å². The Kier molecular flexibility index (Phi) is 9.12. The minimum Gasteiger partial charge on any atom is -0.475 e. The summed E-state index contributed by atoms with van der Waals surface area (Å²) in [6.45, 7) is -0.285. The van der Waals surface area contributed by atoms with E-state index < -0.39 is 29.9 Å². The number of aliphatic carboxylic acids is 1. The third kappa shape index (κ3) is 10.4. The number of benzene rings is 1. The predicted octanol–water partition coefficient (Wildman–Crippen LogP) is 0.641. The molecule has 3 amide bonds. The molecule has 0 heterocycles. The Bertz CT molecular complexity index is 679. The van der Waals surface area contributed by atoms with Crippen LogP contribution >= 0.6 is 0 Å². The van der Waals surface area contributed by atoms with E-state index in [1.165, 1.54) is 31.3 Å². The third-order valence-corrected chi connectivity index (χ3v) is 2.21. The number of rotatable bonds is 3. The summed E-state index contributed by atoms with van der Waals surface area (Å²) in [6.07, 6.45) is -5.08. The molecule has 1 aromatic rings. The van der Waals surface area contributed by atoms with Gasteiger partial charge in [0.2, 0.25) is 5.91 Å². The number of hydrogen-bond acceptors (Lipinski definition) is 4. The van der Waals surface area contributed by atoms with E-state index in [4.69, 9.17) is 15.6 Å². The average molecular weight is 381 g/mol. The highest BCUT2D eigenvalue weighted by atomic mass is 19.4. The smallest absolute Gasteiger partial charge is 0.475 e. The fraction of sp³-hybridized carbons (Fsp3) is 0.231. The van der Waals surface area contributed by atoms with Crippen molar-refractivity contribution >= 4 is 29.6 Å². The van der Waals surface area contributed by atoms with Crippen LogP contribution in [0.4, 0.5) is 28.0 Å². The minimum absolute atomic E-state index is 0.186. The van der Waals surface area contributed by atoms with Crippen molar-refractivity contribution in [3.8, 4) is 0 Å². The summed E-state index contributed by atoms with van der Waals surface area (Å²) >= 11 is 0. The molecule has 0 fully saturated rings. The van der Waals surface area contributed by atoms with Gasteiger partial charge in [0.1, 0.15) is 12.4 Å². The second-order valence-corrected chi connectivity index (χ2v) is 4.27. The first-order chi connectivity index (χ1) is 12.0. The third-order valence-electron chi connectivity index (χ3n) is 2.21. The van der Waals surface area contributed by atoms with Gasteiger partial charge in [-0.05, 0) is 18.2 Å². The van der Waals surface area contributed by atoms with E-state index in [1.54, 1.807) is 0 Å². The zero-order valence-corrected chi connectivity index (χ0v) is 13.2. The van der Waals surface area contributed by atoms with Gasteiger partial charge in [-0.3, -0.25) is 10.1 Å². The van der Waals surface area contributed by atoms with E-state index in [9.17, 15) is 27.2 Å². The Morgan fingerprint density at radius 3 is 2.31 bits per heavy atom. The lowest BCUT2D eigenvalue weighted by Crippen LogP contribution is -2.42. The van der Waals surface area contributed by atoms with Crippen LogP contribution in [0.2, 0.25) is 0 Å². The molecule has 1 rings (SSSR count). The summed E-state index contributed by atoms with van der Waals surface area (Å²) in [4.78, 5) is 34.9. The van der Waals surface area contributed by atoms with Crippen LogP contribution in [0.5, 0.6) is 0 Å². The van der Waals surface area contributed by atoms with Crippen LogP contribution in [0.3, 0.4) is 0 Å². The van der Waals surface area contributed by atoms with Crippen molar-refractivity contribution in [2.45, 2.75) is 6.18 Å². The number of carboxylic acid groups (broad SMARTS) is 1. The lowest BCUT2D eigenvalue weighted by molar-refractivity contribution is -0.192. The van der Waals surface area contributed by atoms with Crippen LogP contribution in [0.1, 0.15) is 0 Å². The maximum absolute atomic E-state index is 12.9. The van der Waals surface area contributed by atoms with Crippen molar-refractivity contribution in [2.75, 3.05) is 18.9 Å². The molecule has 0 unspecified atom stereocenters. The molecule has 0 atom stereocenters. The maximum atomic E-state index is 12.9. The number of aliphatic imine (C=N–C) groups is 1. The molecule has 144 valence electrons. The predicted molar refractivity (Wildman–Crippen MR) is 82.8 cm³/mol. The minimum atomic E-state index is -5.08. The molecule has 0 aliphatic heterocycles. The van der Waals surface area contributed by atoms with Crippen molar-refractivity contribution in [1.82, 2.24) is 10.6 Å². The number of alkyl halides is 3. The zero-order valence-electron chi connectivity index (χ0n) is 13.2. The standard InChI is InChI=1S/C11H14FN5O2.C2HF3O2/c1-14-11(19)17-10(13)15-6-9(18)16-8-4-2-3-7(12)5-8;3-2(4,5)1(6)7/h2-5H,6H2,1H3,(H,16,18)(H4,13,14,15,17,19);(H,6,7). The summed E-state index contributed by atoms with van der Waals surface area (Å²) in [5.74, 6) is -3.88. The number of anilines is 1. The van der Waals surface area contributed by atoms with E-state index in [2.05, 4.69) is 20.9 Å². The monoisotopic (exact) mass is 381 g/mol. The van der Waals surface area contributed by atoms with Gasteiger partial charge in [0.15, 0.2) is 5.96 Å². The van der Waals surface area contributed by atoms with Crippen LogP contribution in [0.25, 0.3) is 0 Å². The Hall–Kier alpha value is -3.38. The molecule has 0 radical (unpaired) electrons. The quantitative estimate of drug-likeness (QED) is 0.296. The van der Waals surface area contributed by atoms with Crippen LogP contribution in [-0.2, 0) is 9.59 Å². The first-order valence-electron chi connectivity index (χ1n) is 6.60. The van der Waals surface area contributed by atoms with Gasteiger partial charge in [-0.2, -0.15) is 13.2 Å². The fourth-order valence-corrected chi connectivity index (χ4v) is 1.14. The molecule has 26 heavy (non-hydrogen) atoms. The Balaban J connectivity index is 0.000000758. The van der Waals surface area contributed by atoms with Gasteiger partial charge in [0.05, 0.1) is 0 Å². The normalized spacial score (nSPS) is 10.9. The maximum Gasteiger partial charge on any atom is 0.490 e. The summed E-state index contributed by atoms with van der Waals surface area (Å²) in [5, 5.41) is 14.0. The Morgan fingerprint density at radius 2 is 1.85 bits per heavy atom. The number of urea groups is 1. The van der Waals surface area contributed by atoms with Gasteiger partial charge >= 0.3 is 18.2 Å². The van der Waals surface area contributed by atoms with Crippen molar-refractivity contribution in [2.24, 2.45) is 10.7 Å². The highest BCUT2D eigenvalue weighted by molar-refractivity contribution is 5.97. The molecule has 0 aromatic heterocycles. The second-order valence-electron chi connectivity index (χ2n) is 4.27. The lowest BCUT2D eigenvalue weighted by Gasteiger charge is -2.05. The number of carbonyl (C=O) groups is 3. The molecule has 13 heteroatoms. The van der Waals surface area contributed by atoms with Gasteiger partial charge in [-0.15, -0.1) is 0 Å². The van der Waals surface area contributed by atoms with Crippen molar-refractivity contribution in [3.05, 3.63) is 30.1 Å². The number of halogens is 4. The topological polar surface area (TPSA) is 146 Å². The summed E-state index contributed by atoms with van der Waals surface area (Å²) in [5.41, 5.74) is 5.67. The summed E-state index contributed by atoms with van der Waals surface area (Å²) < 4.78 is 44.6. The summed E-state index contributed by atoms with van der Waals surface area (Å²) in [6, 6.07) is 4.91. The largest absolute Gasteiger partial charge is 0.490 e. The van der Waals surface area contributed by atoms with E-state index in [1.807, 2.05) is 0 Å². The van der Waals surface area contributed by atoms with Gasteiger partial charge in [0, 0.05) is 12.7 Å². The first kappa shape index (κ1) is 22.6. The molecule has 9 nitrogen and oxygen atoms in total. The number of guanidine groups is 1. The molecule has 0 saturated heterocycles. The van der Waals surface area contributed by atoms with E-state index >= 15 is 0 Å². The lowest BCUT2D eigenvalue weighted by atomic mass is 10.3. The Morgan fingerprint density at radius 1 is 1.27 bits per heavy atom. The van der Waals surface area contributed by atoms with E-state index in [0.717, 1.165) is 0 Å². The molecule has 0 saturated carbocycles. The van der Waals surface area contributed by atoms with Crippen molar-refractivity contribution < 1.29 is 37.1 Å². The number of hydrogen-bond donors (Lipinski definition) is 5. The fourth-order valence-electron chi connectivity index (χ4n) is 1.14. The number of carbonyl (C=O) groups excluding carboxylic acids is 2.